The van der Waals surface area contributed by atoms with Crippen molar-refractivity contribution in [2.45, 2.75) is 13.5 Å². The second-order valence-electron chi connectivity index (χ2n) is 4.03. The number of phenolic OH excluding ortho intramolecular Hbond substituents is 1. The number of halogens is 2. The summed E-state index contributed by atoms with van der Waals surface area (Å²) in [4.78, 5) is 0. The van der Waals surface area contributed by atoms with Crippen LogP contribution in [0.3, 0.4) is 0 Å². The lowest BCUT2D eigenvalue weighted by Gasteiger charge is -2.12. The van der Waals surface area contributed by atoms with Gasteiger partial charge in [0.05, 0.1) is 10.2 Å². The minimum atomic E-state index is -0.288. The van der Waals surface area contributed by atoms with E-state index < -0.39 is 0 Å². The first-order valence-electron chi connectivity index (χ1n) is 5.55. The first-order valence-corrected chi connectivity index (χ1v) is 6.34. The van der Waals surface area contributed by atoms with Crippen molar-refractivity contribution in [1.29, 1.82) is 0 Å². The molecule has 18 heavy (non-hydrogen) atoms. The van der Waals surface area contributed by atoms with E-state index in [9.17, 15) is 9.50 Å². The highest BCUT2D eigenvalue weighted by Gasteiger charge is 2.07. The van der Waals surface area contributed by atoms with Gasteiger partial charge in [0.25, 0.3) is 0 Å². The van der Waals surface area contributed by atoms with Gasteiger partial charge in [0.1, 0.15) is 11.6 Å². The van der Waals surface area contributed by atoms with Gasteiger partial charge in [0.2, 0.25) is 0 Å². The second-order valence-corrected chi connectivity index (χ2v) is 4.89. The number of phenols is 1. The molecular formula is C14H13BrFNO. The molecule has 94 valence electrons. The van der Waals surface area contributed by atoms with Gasteiger partial charge in [-0.2, -0.15) is 0 Å². The maximum absolute atomic E-state index is 13.6. The average Bonchev–Trinajstić information content (AvgIpc) is 2.33. The number of aryl methyl sites for hydroxylation is 1. The Morgan fingerprint density at radius 3 is 2.67 bits per heavy atom. The lowest BCUT2D eigenvalue weighted by atomic mass is 10.1. The molecule has 2 nitrogen and oxygen atoms in total. The largest absolute Gasteiger partial charge is 0.506 e. The number of aromatic hydroxyl groups is 1. The normalized spacial score (nSPS) is 10.4. The van der Waals surface area contributed by atoms with Gasteiger partial charge in [0, 0.05) is 12.1 Å². The fourth-order valence-electron chi connectivity index (χ4n) is 1.74. The number of benzene rings is 2. The van der Waals surface area contributed by atoms with Gasteiger partial charge in [-0.15, -0.1) is 0 Å². The fraction of sp³-hybridized carbons (Fsp3) is 0.143. The predicted octanol–water partition coefficient (Wildman–Crippen LogP) is 4.21. The lowest BCUT2D eigenvalue weighted by Crippen LogP contribution is -2.03. The quantitative estimate of drug-likeness (QED) is 0.890. The van der Waals surface area contributed by atoms with Crippen LogP contribution in [0.5, 0.6) is 5.75 Å². The van der Waals surface area contributed by atoms with Crippen molar-refractivity contribution in [2.24, 2.45) is 0 Å². The molecule has 0 atom stereocenters. The smallest absolute Gasteiger partial charge is 0.146 e. The second kappa shape index (κ2) is 5.40. The molecular weight excluding hydrogens is 297 g/mol. The van der Waals surface area contributed by atoms with E-state index in [1.54, 1.807) is 18.2 Å². The summed E-state index contributed by atoms with van der Waals surface area (Å²) in [5.41, 5.74) is 2.02. The Morgan fingerprint density at radius 1 is 1.22 bits per heavy atom. The summed E-state index contributed by atoms with van der Waals surface area (Å²) >= 11 is 3.25. The average molecular weight is 310 g/mol. The molecule has 0 heterocycles. The molecule has 0 amide bonds. The highest BCUT2D eigenvalue weighted by Crippen LogP contribution is 2.28. The van der Waals surface area contributed by atoms with E-state index in [4.69, 9.17) is 0 Å². The summed E-state index contributed by atoms with van der Waals surface area (Å²) in [6.07, 6.45) is 0. The summed E-state index contributed by atoms with van der Waals surface area (Å²) in [5.74, 6) is -0.108. The summed E-state index contributed by atoms with van der Waals surface area (Å²) in [5, 5.41) is 12.8. The van der Waals surface area contributed by atoms with Crippen LogP contribution in [-0.4, -0.2) is 5.11 Å². The van der Waals surface area contributed by atoms with Crippen LogP contribution in [0.15, 0.2) is 40.9 Å². The molecule has 0 unspecified atom stereocenters. The Balaban J connectivity index is 2.19. The van der Waals surface area contributed by atoms with Crippen LogP contribution < -0.4 is 5.32 Å². The topological polar surface area (TPSA) is 32.3 Å². The van der Waals surface area contributed by atoms with E-state index in [-0.39, 0.29) is 11.6 Å². The van der Waals surface area contributed by atoms with Gasteiger partial charge in [-0.3, -0.25) is 0 Å². The Bertz CT molecular complexity index is 551. The third kappa shape index (κ3) is 2.64. The minimum absolute atomic E-state index is 0.180. The number of hydrogen-bond donors (Lipinski definition) is 2. The summed E-state index contributed by atoms with van der Waals surface area (Å²) in [7, 11) is 0. The predicted molar refractivity (Wildman–Crippen MR) is 74.3 cm³/mol. The Labute approximate surface area is 114 Å². The standard InChI is InChI=1S/C14H13BrFNO/c1-9-4-2-7-12(16)13(9)17-8-10-5-3-6-11(15)14(10)18/h2-7,17-18H,8H2,1H3. The SMILES string of the molecule is Cc1cccc(F)c1NCc1cccc(Br)c1O. The van der Waals surface area contributed by atoms with Crippen LogP contribution in [0.4, 0.5) is 10.1 Å². The molecule has 0 saturated heterocycles. The van der Waals surface area contributed by atoms with Crippen LogP contribution in [0, 0.1) is 12.7 Å². The number of nitrogens with one attached hydrogen (secondary N) is 1. The molecule has 2 rings (SSSR count). The van der Waals surface area contributed by atoms with Crippen LogP contribution >= 0.6 is 15.9 Å². The van der Waals surface area contributed by atoms with Crippen LogP contribution in [0.25, 0.3) is 0 Å². The molecule has 0 fully saturated rings. The Morgan fingerprint density at radius 2 is 1.94 bits per heavy atom. The lowest BCUT2D eigenvalue weighted by molar-refractivity contribution is 0.465. The number of rotatable bonds is 3. The van der Waals surface area contributed by atoms with E-state index >= 15 is 0 Å². The number of hydrogen-bond acceptors (Lipinski definition) is 2. The zero-order chi connectivity index (χ0) is 13.1. The number of para-hydroxylation sites is 2. The maximum Gasteiger partial charge on any atom is 0.146 e. The maximum atomic E-state index is 13.6. The minimum Gasteiger partial charge on any atom is -0.506 e. The van der Waals surface area contributed by atoms with Crippen molar-refractivity contribution in [1.82, 2.24) is 0 Å². The monoisotopic (exact) mass is 309 g/mol. The molecule has 0 aromatic heterocycles. The van der Waals surface area contributed by atoms with E-state index in [0.717, 1.165) is 5.56 Å². The third-order valence-corrected chi connectivity index (χ3v) is 3.39. The molecule has 0 radical (unpaired) electrons. The molecule has 0 bridgehead atoms. The van der Waals surface area contributed by atoms with Gasteiger partial charge < -0.3 is 10.4 Å². The highest BCUT2D eigenvalue weighted by molar-refractivity contribution is 9.10. The zero-order valence-corrected chi connectivity index (χ0v) is 11.5. The fourth-order valence-corrected chi connectivity index (χ4v) is 2.15. The van der Waals surface area contributed by atoms with Crippen molar-refractivity contribution in [3.05, 3.63) is 57.8 Å². The molecule has 0 aliphatic carbocycles. The van der Waals surface area contributed by atoms with Crippen molar-refractivity contribution in [3.63, 3.8) is 0 Å². The van der Waals surface area contributed by atoms with Gasteiger partial charge in [-0.25, -0.2) is 4.39 Å². The van der Waals surface area contributed by atoms with E-state index in [1.165, 1.54) is 6.07 Å². The molecule has 0 aliphatic rings. The Kier molecular flexibility index (Phi) is 3.87. The molecule has 0 spiro atoms. The van der Waals surface area contributed by atoms with Crippen molar-refractivity contribution in [2.75, 3.05) is 5.32 Å². The van der Waals surface area contributed by atoms with E-state index in [2.05, 4.69) is 21.2 Å². The summed E-state index contributed by atoms with van der Waals surface area (Å²) in [6.45, 7) is 2.21. The van der Waals surface area contributed by atoms with Crippen molar-refractivity contribution >= 4 is 21.6 Å². The molecule has 4 heteroatoms. The van der Waals surface area contributed by atoms with Gasteiger partial charge in [0.15, 0.2) is 0 Å². The van der Waals surface area contributed by atoms with Crippen molar-refractivity contribution < 1.29 is 9.50 Å². The van der Waals surface area contributed by atoms with Gasteiger partial charge in [-0.05, 0) is 40.5 Å². The van der Waals surface area contributed by atoms with Crippen LogP contribution in [-0.2, 0) is 6.54 Å². The molecule has 2 aromatic carbocycles. The highest BCUT2D eigenvalue weighted by atomic mass is 79.9. The van der Waals surface area contributed by atoms with E-state index in [1.807, 2.05) is 19.1 Å². The molecule has 2 aromatic rings. The van der Waals surface area contributed by atoms with Gasteiger partial charge in [-0.1, -0.05) is 24.3 Å². The van der Waals surface area contributed by atoms with E-state index in [0.29, 0.717) is 22.3 Å². The molecule has 0 saturated carbocycles. The zero-order valence-electron chi connectivity index (χ0n) is 9.87. The first kappa shape index (κ1) is 12.9. The third-order valence-electron chi connectivity index (χ3n) is 2.75. The first-order chi connectivity index (χ1) is 8.59. The van der Waals surface area contributed by atoms with Crippen LogP contribution in [0.1, 0.15) is 11.1 Å². The molecule has 2 N–H and O–H groups in total. The molecule has 0 aliphatic heterocycles. The van der Waals surface area contributed by atoms with Gasteiger partial charge >= 0.3 is 0 Å². The van der Waals surface area contributed by atoms with Crippen molar-refractivity contribution in [3.8, 4) is 5.75 Å². The summed E-state index contributed by atoms with van der Waals surface area (Å²) in [6, 6.07) is 10.3. The number of anilines is 1. The van der Waals surface area contributed by atoms with Crippen LogP contribution in [0.2, 0.25) is 0 Å². The summed E-state index contributed by atoms with van der Waals surface area (Å²) < 4.78 is 14.2. The Hall–Kier alpha value is -1.55.